The summed E-state index contributed by atoms with van der Waals surface area (Å²) in [5.41, 5.74) is 0. The molecule has 1 N–H and O–H groups in total. The molecule has 0 aliphatic carbocycles. The van der Waals surface area contributed by atoms with Crippen molar-refractivity contribution in [3.05, 3.63) is 17.5 Å². The molecule has 1 saturated heterocycles. The van der Waals surface area contributed by atoms with Gasteiger partial charge in [-0.3, -0.25) is 4.99 Å². The summed E-state index contributed by atoms with van der Waals surface area (Å²) in [4.78, 5) is 9.50. The number of piperazine rings is 1. The van der Waals surface area contributed by atoms with Crippen molar-refractivity contribution < 1.29 is 0 Å². The summed E-state index contributed by atoms with van der Waals surface area (Å²) < 4.78 is 0. The molecule has 0 saturated carbocycles. The van der Waals surface area contributed by atoms with Crippen LogP contribution in [0.3, 0.4) is 0 Å². The molecule has 0 unspecified atom stereocenters. The topological polar surface area (TPSA) is 30.9 Å². The first-order valence-electron chi connectivity index (χ1n) is 7.16. The van der Waals surface area contributed by atoms with E-state index in [0.717, 1.165) is 51.6 Å². The maximum absolute atomic E-state index is 4.66. The Morgan fingerprint density at radius 2 is 2.05 bits per heavy atom. The number of thiophene rings is 1. The van der Waals surface area contributed by atoms with Crippen molar-refractivity contribution in [2.45, 2.75) is 20.3 Å². The third-order valence-corrected chi connectivity index (χ3v) is 4.15. The van der Waals surface area contributed by atoms with Gasteiger partial charge in [0.1, 0.15) is 0 Å². The van der Waals surface area contributed by atoms with E-state index in [9.17, 15) is 0 Å². The molecule has 0 radical (unpaired) electrons. The first-order valence-corrected chi connectivity index (χ1v) is 8.04. The minimum absolute atomic E-state index is 0. The maximum atomic E-state index is 4.66. The van der Waals surface area contributed by atoms with E-state index in [1.165, 1.54) is 5.00 Å². The van der Waals surface area contributed by atoms with E-state index in [1.807, 2.05) is 11.3 Å². The fourth-order valence-electron chi connectivity index (χ4n) is 2.23. The van der Waals surface area contributed by atoms with Crippen molar-refractivity contribution in [2.75, 3.05) is 44.2 Å². The molecule has 1 aromatic rings. The van der Waals surface area contributed by atoms with Crippen LogP contribution in [0.1, 0.15) is 20.3 Å². The molecule has 6 heteroatoms. The lowest BCUT2D eigenvalue weighted by molar-refractivity contribution is 0.373. The van der Waals surface area contributed by atoms with Crippen LogP contribution in [0.4, 0.5) is 5.00 Å². The van der Waals surface area contributed by atoms with Crippen molar-refractivity contribution in [1.82, 2.24) is 10.2 Å². The van der Waals surface area contributed by atoms with Gasteiger partial charge in [0.2, 0.25) is 0 Å². The fourth-order valence-corrected chi connectivity index (χ4v) is 3.02. The molecule has 2 rings (SSSR count). The van der Waals surface area contributed by atoms with Gasteiger partial charge in [0, 0.05) is 39.3 Å². The molecule has 0 bridgehead atoms. The van der Waals surface area contributed by atoms with Crippen LogP contribution in [0.25, 0.3) is 0 Å². The van der Waals surface area contributed by atoms with Crippen molar-refractivity contribution in [2.24, 2.45) is 4.99 Å². The number of hydrogen-bond donors (Lipinski definition) is 1. The first kappa shape index (κ1) is 17.6. The van der Waals surface area contributed by atoms with Crippen LogP contribution < -0.4 is 10.2 Å². The smallest absolute Gasteiger partial charge is 0.194 e. The van der Waals surface area contributed by atoms with Gasteiger partial charge in [-0.1, -0.05) is 6.92 Å². The van der Waals surface area contributed by atoms with Crippen molar-refractivity contribution in [3.8, 4) is 0 Å². The standard InChI is InChI=1S/C14H24N4S.HI/c1-3-7-16-14(15-4-2)18-10-8-17(9-11-18)13-6-5-12-19-13;/h5-6,12H,3-4,7-11H2,1-2H3,(H,15,16);1H. The molecule has 1 aliphatic rings. The van der Waals surface area contributed by atoms with E-state index < -0.39 is 0 Å². The van der Waals surface area contributed by atoms with Gasteiger partial charge in [0.15, 0.2) is 5.96 Å². The average Bonchev–Trinajstić information content (AvgIpc) is 2.98. The Bertz CT molecular complexity index is 386. The van der Waals surface area contributed by atoms with Gasteiger partial charge in [0.25, 0.3) is 0 Å². The molecular weight excluding hydrogens is 383 g/mol. The second kappa shape index (κ2) is 9.44. The third kappa shape index (κ3) is 4.80. The van der Waals surface area contributed by atoms with Crippen LogP contribution in [0.15, 0.2) is 22.5 Å². The Balaban J connectivity index is 0.00000200. The van der Waals surface area contributed by atoms with Crippen LogP contribution in [0, 0.1) is 0 Å². The minimum Gasteiger partial charge on any atom is -0.360 e. The molecule has 0 spiro atoms. The SMILES string of the molecule is CCCN=C(NCC)N1CCN(c2cccs2)CC1.I. The van der Waals surface area contributed by atoms with Crippen molar-refractivity contribution >= 4 is 46.3 Å². The van der Waals surface area contributed by atoms with Crippen molar-refractivity contribution in [1.29, 1.82) is 0 Å². The average molecular weight is 408 g/mol. The second-order valence-corrected chi connectivity index (χ2v) is 5.59. The molecule has 1 fully saturated rings. The zero-order valence-electron chi connectivity index (χ0n) is 12.3. The van der Waals surface area contributed by atoms with Crippen LogP contribution in [-0.2, 0) is 0 Å². The van der Waals surface area contributed by atoms with Crippen LogP contribution in [-0.4, -0.2) is 50.1 Å². The molecular formula is C14H25IN4S. The zero-order chi connectivity index (χ0) is 13.5. The predicted octanol–water partition coefficient (Wildman–Crippen LogP) is 2.86. The molecule has 20 heavy (non-hydrogen) atoms. The molecule has 2 heterocycles. The van der Waals surface area contributed by atoms with E-state index in [0.29, 0.717) is 0 Å². The Morgan fingerprint density at radius 1 is 1.30 bits per heavy atom. The van der Waals surface area contributed by atoms with Gasteiger partial charge in [-0.2, -0.15) is 0 Å². The van der Waals surface area contributed by atoms with Crippen molar-refractivity contribution in [3.63, 3.8) is 0 Å². The monoisotopic (exact) mass is 408 g/mol. The number of rotatable bonds is 4. The number of nitrogens with one attached hydrogen (secondary N) is 1. The Morgan fingerprint density at radius 3 is 2.60 bits per heavy atom. The fraction of sp³-hybridized carbons (Fsp3) is 0.643. The van der Waals surface area contributed by atoms with E-state index in [2.05, 4.69) is 51.5 Å². The summed E-state index contributed by atoms with van der Waals surface area (Å²) in [5, 5.41) is 6.93. The number of nitrogens with zero attached hydrogens (tertiary/aromatic N) is 3. The summed E-state index contributed by atoms with van der Waals surface area (Å²) in [6, 6.07) is 4.33. The molecule has 0 atom stereocenters. The first-order chi connectivity index (χ1) is 9.35. The zero-order valence-corrected chi connectivity index (χ0v) is 15.5. The predicted molar refractivity (Wildman–Crippen MR) is 99.8 cm³/mol. The summed E-state index contributed by atoms with van der Waals surface area (Å²) in [7, 11) is 0. The maximum Gasteiger partial charge on any atom is 0.194 e. The molecule has 4 nitrogen and oxygen atoms in total. The van der Waals surface area contributed by atoms with Gasteiger partial charge in [0.05, 0.1) is 5.00 Å². The Labute approximate surface area is 143 Å². The van der Waals surface area contributed by atoms with Gasteiger partial charge in [-0.25, -0.2) is 0 Å². The second-order valence-electron chi connectivity index (χ2n) is 4.66. The van der Waals surface area contributed by atoms with E-state index >= 15 is 0 Å². The highest BCUT2D eigenvalue weighted by atomic mass is 127. The number of aliphatic imine (C=N–C) groups is 1. The molecule has 1 aliphatic heterocycles. The highest BCUT2D eigenvalue weighted by molar-refractivity contribution is 14.0. The van der Waals surface area contributed by atoms with Gasteiger partial charge >= 0.3 is 0 Å². The molecule has 0 amide bonds. The van der Waals surface area contributed by atoms with Crippen LogP contribution in [0.5, 0.6) is 0 Å². The van der Waals surface area contributed by atoms with Gasteiger partial charge in [-0.05, 0) is 30.9 Å². The number of anilines is 1. The number of halogens is 1. The third-order valence-electron chi connectivity index (χ3n) is 3.22. The molecule has 1 aromatic heterocycles. The van der Waals surface area contributed by atoms with Gasteiger partial charge < -0.3 is 15.1 Å². The lowest BCUT2D eigenvalue weighted by Gasteiger charge is -2.37. The summed E-state index contributed by atoms with van der Waals surface area (Å²) >= 11 is 1.82. The van der Waals surface area contributed by atoms with E-state index in [1.54, 1.807) is 0 Å². The van der Waals surface area contributed by atoms with E-state index in [4.69, 9.17) is 0 Å². The molecule has 0 aromatic carbocycles. The largest absolute Gasteiger partial charge is 0.360 e. The highest BCUT2D eigenvalue weighted by Gasteiger charge is 2.19. The highest BCUT2D eigenvalue weighted by Crippen LogP contribution is 2.22. The normalized spacial score (nSPS) is 16.0. The lowest BCUT2D eigenvalue weighted by Crippen LogP contribution is -2.52. The number of guanidine groups is 1. The Kier molecular flexibility index (Phi) is 8.28. The number of hydrogen-bond acceptors (Lipinski definition) is 3. The van der Waals surface area contributed by atoms with Crippen LogP contribution in [0.2, 0.25) is 0 Å². The lowest BCUT2D eigenvalue weighted by atomic mass is 10.3. The molecule has 114 valence electrons. The minimum atomic E-state index is 0. The summed E-state index contributed by atoms with van der Waals surface area (Å²) in [6.45, 7) is 10.4. The summed E-state index contributed by atoms with van der Waals surface area (Å²) in [5.74, 6) is 1.08. The van der Waals surface area contributed by atoms with Gasteiger partial charge in [-0.15, -0.1) is 35.3 Å². The Hall–Kier alpha value is -0.500. The quantitative estimate of drug-likeness (QED) is 0.472. The summed E-state index contributed by atoms with van der Waals surface area (Å²) in [6.07, 6.45) is 1.10. The van der Waals surface area contributed by atoms with Crippen LogP contribution >= 0.6 is 35.3 Å². The van der Waals surface area contributed by atoms with E-state index in [-0.39, 0.29) is 24.0 Å².